The molecule has 1 N–H and O–H groups in total. The van der Waals surface area contributed by atoms with E-state index in [0.717, 1.165) is 34.5 Å². The number of aliphatic hydroxyl groups excluding tert-OH is 1. The lowest BCUT2D eigenvalue weighted by Gasteiger charge is -2.37. The largest absolute Gasteiger partial charge is 0.465 e. The van der Waals surface area contributed by atoms with Gasteiger partial charge in [-0.15, -0.1) is 0 Å². The minimum absolute atomic E-state index is 0.0260. The third kappa shape index (κ3) is 3.42. The number of nitrogens with zero attached hydrogens (tertiary/aromatic N) is 1. The number of ether oxygens (including phenoxy) is 2. The van der Waals surface area contributed by atoms with Crippen molar-refractivity contribution in [1.82, 2.24) is 4.98 Å². The van der Waals surface area contributed by atoms with Crippen molar-refractivity contribution in [2.24, 2.45) is 5.41 Å². The van der Waals surface area contributed by atoms with Gasteiger partial charge in [0.25, 0.3) is 0 Å². The van der Waals surface area contributed by atoms with Gasteiger partial charge in [0.15, 0.2) is 0 Å². The molecule has 0 fully saturated rings. The summed E-state index contributed by atoms with van der Waals surface area (Å²) >= 11 is 0. The average molecular weight is 359 g/mol. The van der Waals surface area contributed by atoms with Gasteiger partial charge in [-0.3, -0.25) is 4.98 Å². The average Bonchev–Trinajstić information content (AvgIpc) is 2.59. The van der Waals surface area contributed by atoms with E-state index in [0.29, 0.717) is 31.6 Å². The highest BCUT2D eigenvalue weighted by Gasteiger charge is 2.38. The highest BCUT2D eigenvalue weighted by molar-refractivity contribution is 5.98. The molecule has 0 bridgehead atoms. The number of methoxy groups -OCH3 is 1. The molecule has 1 aliphatic carbocycles. The van der Waals surface area contributed by atoms with E-state index in [9.17, 15) is 9.90 Å². The molecule has 1 aromatic rings. The summed E-state index contributed by atoms with van der Waals surface area (Å²) in [5.41, 5.74) is 4.83. The molecule has 0 saturated heterocycles. The third-order valence-corrected chi connectivity index (χ3v) is 5.29. The van der Waals surface area contributed by atoms with Crippen LogP contribution in [0.1, 0.15) is 85.4 Å². The second-order valence-corrected chi connectivity index (χ2v) is 8.37. The van der Waals surface area contributed by atoms with Gasteiger partial charge < -0.3 is 14.6 Å². The van der Waals surface area contributed by atoms with Crippen molar-refractivity contribution in [2.75, 3.05) is 20.3 Å². The Labute approximate surface area is 155 Å². The zero-order chi connectivity index (χ0) is 19.1. The van der Waals surface area contributed by atoms with Crippen LogP contribution in [0.2, 0.25) is 0 Å². The van der Waals surface area contributed by atoms with Crippen LogP contribution in [-0.4, -0.2) is 36.4 Å². The summed E-state index contributed by atoms with van der Waals surface area (Å²) in [6, 6.07) is 0. The molecule has 0 amide bonds. The SMILES string of the molecule is COC(=O)c1c(C(C)C)nc2c(c1C1=CCOCC1)C(O)CC(C)(C)C2. The summed E-state index contributed by atoms with van der Waals surface area (Å²) in [5, 5.41) is 11.0. The Morgan fingerprint density at radius 2 is 2.15 bits per heavy atom. The van der Waals surface area contributed by atoms with E-state index in [1.807, 2.05) is 19.9 Å². The number of pyridine rings is 1. The molecular formula is C21H29NO4. The number of rotatable bonds is 3. The fourth-order valence-corrected chi connectivity index (χ4v) is 4.13. The molecule has 3 rings (SSSR count). The fraction of sp³-hybridized carbons (Fsp3) is 0.619. The van der Waals surface area contributed by atoms with Crippen molar-refractivity contribution >= 4 is 11.5 Å². The molecule has 0 saturated carbocycles. The zero-order valence-corrected chi connectivity index (χ0v) is 16.4. The van der Waals surface area contributed by atoms with Crippen LogP contribution >= 0.6 is 0 Å². The normalized spacial score (nSPS) is 22.0. The Morgan fingerprint density at radius 3 is 2.73 bits per heavy atom. The first-order valence-corrected chi connectivity index (χ1v) is 9.35. The monoisotopic (exact) mass is 359 g/mol. The van der Waals surface area contributed by atoms with Gasteiger partial charge in [-0.1, -0.05) is 33.8 Å². The van der Waals surface area contributed by atoms with E-state index >= 15 is 0 Å². The quantitative estimate of drug-likeness (QED) is 0.832. The summed E-state index contributed by atoms with van der Waals surface area (Å²) in [6.07, 6.45) is 3.54. The van der Waals surface area contributed by atoms with Gasteiger partial charge in [0.05, 0.1) is 37.7 Å². The van der Waals surface area contributed by atoms with E-state index < -0.39 is 6.10 Å². The van der Waals surface area contributed by atoms with Crippen LogP contribution in [0.4, 0.5) is 0 Å². The number of hydrogen-bond acceptors (Lipinski definition) is 5. The van der Waals surface area contributed by atoms with E-state index in [-0.39, 0.29) is 17.3 Å². The van der Waals surface area contributed by atoms with Crippen LogP contribution in [0.5, 0.6) is 0 Å². The fourth-order valence-electron chi connectivity index (χ4n) is 4.13. The number of carbonyl (C=O) groups excluding carboxylic acids is 1. The Kier molecular flexibility index (Phi) is 5.22. The molecule has 0 aromatic carbocycles. The van der Waals surface area contributed by atoms with Gasteiger partial charge in [0, 0.05) is 16.8 Å². The summed E-state index contributed by atoms with van der Waals surface area (Å²) in [4.78, 5) is 17.6. The van der Waals surface area contributed by atoms with Crippen molar-refractivity contribution in [3.05, 3.63) is 34.2 Å². The molecule has 5 nitrogen and oxygen atoms in total. The predicted molar refractivity (Wildman–Crippen MR) is 100 cm³/mol. The molecule has 0 radical (unpaired) electrons. The minimum Gasteiger partial charge on any atom is -0.465 e. The van der Waals surface area contributed by atoms with E-state index in [1.165, 1.54) is 7.11 Å². The first-order chi connectivity index (χ1) is 12.2. The van der Waals surface area contributed by atoms with E-state index in [4.69, 9.17) is 14.5 Å². The Balaban J connectivity index is 2.35. The smallest absolute Gasteiger partial charge is 0.340 e. The number of esters is 1. The second-order valence-electron chi connectivity index (χ2n) is 8.37. The topological polar surface area (TPSA) is 68.7 Å². The maximum absolute atomic E-state index is 12.7. The summed E-state index contributed by atoms with van der Waals surface area (Å²) in [5.74, 6) is -0.306. The summed E-state index contributed by atoms with van der Waals surface area (Å²) < 4.78 is 10.6. The molecule has 142 valence electrons. The van der Waals surface area contributed by atoms with E-state index in [2.05, 4.69) is 13.8 Å². The second kappa shape index (κ2) is 7.12. The molecule has 1 aromatic heterocycles. The first kappa shape index (κ1) is 19.1. The number of carbonyl (C=O) groups is 1. The first-order valence-electron chi connectivity index (χ1n) is 9.35. The van der Waals surface area contributed by atoms with Crippen LogP contribution in [0, 0.1) is 5.41 Å². The highest BCUT2D eigenvalue weighted by Crippen LogP contribution is 2.45. The number of fused-ring (bicyclic) bond motifs is 1. The standard InChI is InChI=1S/C21H29NO4/c1-12(2)19-18(20(24)25-5)16(13-6-8-26-9-7-13)17-14(22-19)10-21(3,4)11-15(17)23/h6,12,15,23H,7-11H2,1-5H3. The van der Waals surface area contributed by atoms with E-state index in [1.54, 1.807) is 0 Å². The van der Waals surface area contributed by atoms with Gasteiger partial charge in [-0.2, -0.15) is 0 Å². The van der Waals surface area contributed by atoms with Crippen molar-refractivity contribution in [3.8, 4) is 0 Å². The van der Waals surface area contributed by atoms with Crippen molar-refractivity contribution < 1.29 is 19.4 Å². The third-order valence-electron chi connectivity index (χ3n) is 5.29. The van der Waals surface area contributed by atoms with Crippen molar-refractivity contribution in [1.29, 1.82) is 0 Å². The molecule has 1 aliphatic heterocycles. The van der Waals surface area contributed by atoms with Crippen LogP contribution in [0.3, 0.4) is 0 Å². The lowest BCUT2D eigenvalue weighted by Crippen LogP contribution is -2.30. The zero-order valence-electron chi connectivity index (χ0n) is 16.4. The van der Waals surface area contributed by atoms with Crippen LogP contribution < -0.4 is 0 Å². The van der Waals surface area contributed by atoms with Crippen molar-refractivity contribution in [2.45, 2.75) is 59.0 Å². The molecule has 5 heteroatoms. The van der Waals surface area contributed by atoms with Crippen LogP contribution in [-0.2, 0) is 15.9 Å². The number of aliphatic hydroxyl groups is 1. The maximum atomic E-state index is 12.7. The minimum atomic E-state index is -0.635. The Bertz CT molecular complexity index is 749. The molecule has 0 spiro atoms. The molecule has 2 aliphatic rings. The lowest BCUT2D eigenvalue weighted by atomic mass is 9.71. The van der Waals surface area contributed by atoms with Crippen LogP contribution in [0.15, 0.2) is 6.08 Å². The molecule has 1 atom stereocenters. The Morgan fingerprint density at radius 1 is 1.42 bits per heavy atom. The lowest BCUT2D eigenvalue weighted by molar-refractivity contribution is 0.0596. The van der Waals surface area contributed by atoms with Gasteiger partial charge >= 0.3 is 5.97 Å². The van der Waals surface area contributed by atoms with Gasteiger partial charge in [-0.25, -0.2) is 4.79 Å². The van der Waals surface area contributed by atoms with Gasteiger partial charge in [-0.05, 0) is 36.2 Å². The number of hydrogen-bond donors (Lipinski definition) is 1. The molecule has 2 heterocycles. The van der Waals surface area contributed by atoms with Crippen molar-refractivity contribution in [3.63, 3.8) is 0 Å². The summed E-state index contributed by atoms with van der Waals surface area (Å²) in [7, 11) is 1.40. The maximum Gasteiger partial charge on any atom is 0.340 e. The molecule has 1 unspecified atom stereocenters. The Hall–Kier alpha value is -1.72. The molecular weight excluding hydrogens is 330 g/mol. The number of aromatic nitrogens is 1. The van der Waals surface area contributed by atoms with Gasteiger partial charge in [0.1, 0.15) is 0 Å². The summed E-state index contributed by atoms with van der Waals surface area (Å²) in [6.45, 7) is 9.50. The van der Waals surface area contributed by atoms with Crippen LogP contribution in [0.25, 0.3) is 5.57 Å². The highest BCUT2D eigenvalue weighted by atomic mass is 16.5. The van der Waals surface area contributed by atoms with Gasteiger partial charge in [0.2, 0.25) is 0 Å². The predicted octanol–water partition coefficient (Wildman–Crippen LogP) is 3.80. The molecule has 26 heavy (non-hydrogen) atoms.